The fourth-order valence-corrected chi connectivity index (χ4v) is 5.69. The number of anilines is 1. The van der Waals surface area contributed by atoms with Crippen molar-refractivity contribution in [2.24, 2.45) is 0 Å². The predicted molar refractivity (Wildman–Crippen MR) is 100 cm³/mol. The Morgan fingerprint density at radius 3 is 2.52 bits per heavy atom. The Hall–Kier alpha value is -2.04. The lowest BCUT2D eigenvalue weighted by Gasteiger charge is -2.25. The number of carboxylic acid groups (broad SMARTS) is 1. The second-order valence-corrected chi connectivity index (χ2v) is 9.40. The maximum Gasteiger partial charge on any atom is 0.419 e. The summed E-state index contributed by atoms with van der Waals surface area (Å²) in [7, 11) is -4.15. The highest BCUT2D eigenvalue weighted by molar-refractivity contribution is 7.92. The standard InChI is InChI=1S/C17H13Cl2F3N2O4S/c18-9-3-4-14(12(19)6-9)29(27,28)10-7-13(16(25)26)24(8-10)15-11(17(20,21)22)2-1-5-23-15/h1-6,10,13H,7-8H2,(H,25,26)/t10-,13+/m1/s1. The highest BCUT2D eigenvalue weighted by atomic mass is 35.5. The summed E-state index contributed by atoms with van der Waals surface area (Å²) in [5, 5.41) is 8.24. The van der Waals surface area contributed by atoms with Crippen LogP contribution < -0.4 is 4.90 Å². The summed E-state index contributed by atoms with van der Waals surface area (Å²) in [6.07, 6.45) is -4.13. The third-order valence-corrected chi connectivity index (χ3v) is 7.40. The molecule has 12 heteroatoms. The molecule has 1 N–H and O–H groups in total. The van der Waals surface area contributed by atoms with Crippen LogP contribution >= 0.6 is 23.2 Å². The van der Waals surface area contributed by atoms with Crippen LogP contribution in [0.2, 0.25) is 10.0 Å². The fraction of sp³-hybridized carbons (Fsp3) is 0.294. The highest BCUT2D eigenvalue weighted by Gasteiger charge is 2.47. The number of pyridine rings is 1. The summed E-state index contributed by atoms with van der Waals surface area (Å²) in [4.78, 5) is 16.0. The molecule has 0 unspecified atom stereocenters. The lowest BCUT2D eigenvalue weighted by Crippen LogP contribution is -2.38. The van der Waals surface area contributed by atoms with E-state index in [0.717, 1.165) is 23.2 Å². The quantitative estimate of drug-likeness (QED) is 0.731. The van der Waals surface area contributed by atoms with Gasteiger partial charge in [-0.2, -0.15) is 13.2 Å². The molecule has 0 aliphatic carbocycles. The van der Waals surface area contributed by atoms with Crippen LogP contribution in [-0.4, -0.2) is 42.3 Å². The summed E-state index contributed by atoms with van der Waals surface area (Å²) in [6.45, 7) is -0.488. The number of aliphatic carboxylic acids is 1. The number of hydrogen-bond donors (Lipinski definition) is 1. The second kappa shape index (κ2) is 7.66. The van der Waals surface area contributed by atoms with Crippen molar-refractivity contribution in [1.29, 1.82) is 0 Å². The van der Waals surface area contributed by atoms with E-state index in [1.807, 2.05) is 0 Å². The van der Waals surface area contributed by atoms with Crippen molar-refractivity contribution in [3.63, 3.8) is 0 Å². The summed E-state index contributed by atoms with van der Waals surface area (Å²) in [5.41, 5.74) is -1.14. The molecule has 0 spiro atoms. The van der Waals surface area contributed by atoms with Crippen LogP contribution in [0.5, 0.6) is 0 Å². The van der Waals surface area contributed by atoms with E-state index in [2.05, 4.69) is 4.98 Å². The van der Waals surface area contributed by atoms with E-state index in [-0.39, 0.29) is 14.9 Å². The first kappa shape index (κ1) is 21.7. The Labute approximate surface area is 173 Å². The van der Waals surface area contributed by atoms with Crippen LogP contribution in [0.15, 0.2) is 41.4 Å². The van der Waals surface area contributed by atoms with Gasteiger partial charge in [0, 0.05) is 17.8 Å². The van der Waals surface area contributed by atoms with E-state index in [9.17, 15) is 31.5 Å². The third-order valence-electron chi connectivity index (χ3n) is 4.55. The van der Waals surface area contributed by atoms with Gasteiger partial charge >= 0.3 is 12.1 Å². The van der Waals surface area contributed by atoms with Gasteiger partial charge < -0.3 is 10.0 Å². The van der Waals surface area contributed by atoms with Crippen molar-refractivity contribution in [3.8, 4) is 0 Å². The maximum absolute atomic E-state index is 13.4. The zero-order valence-electron chi connectivity index (χ0n) is 14.4. The normalized spacial score (nSPS) is 20.1. The van der Waals surface area contributed by atoms with Crippen molar-refractivity contribution in [3.05, 3.63) is 52.1 Å². The van der Waals surface area contributed by atoms with Gasteiger partial charge in [-0.15, -0.1) is 0 Å². The van der Waals surface area contributed by atoms with Crippen LogP contribution in [0.25, 0.3) is 0 Å². The van der Waals surface area contributed by atoms with E-state index in [0.29, 0.717) is 0 Å². The molecule has 2 atom stereocenters. The first-order valence-corrected chi connectivity index (χ1v) is 10.4. The molecule has 156 valence electrons. The molecule has 1 aliphatic rings. The summed E-state index contributed by atoms with van der Waals surface area (Å²) < 4.78 is 66.1. The molecule has 1 aliphatic heterocycles. The van der Waals surface area contributed by atoms with Gasteiger partial charge in [0.15, 0.2) is 9.84 Å². The molecule has 1 aromatic heterocycles. The lowest BCUT2D eigenvalue weighted by molar-refractivity contribution is -0.140. The molecule has 3 rings (SSSR count). The number of rotatable bonds is 4. The molecule has 0 saturated carbocycles. The van der Waals surface area contributed by atoms with E-state index in [1.165, 1.54) is 18.2 Å². The number of hydrogen-bond acceptors (Lipinski definition) is 5. The van der Waals surface area contributed by atoms with Crippen LogP contribution in [0.4, 0.5) is 19.0 Å². The van der Waals surface area contributed by atoms with Crippen molar-refractivity contribution in [2.75, 3.05) is 11.4 Å². The summed E-state index contributed by atoms with van der Waals surface area (Å²) in [5.74, 6) is -2.09. The number of nitrogens with zero attached hydrogens (tertiary/aromatic N) is 2. The number of benzene rings is 1. The Kier molecular flexibility index (Phi) is 5.72. The summed E-state index contributed by atoms with van der Waals surface area (Å²) >= 11 is 11.7. The Morgan fingerprint density at radius 1 is 1.24 bits per heavy atom. The molecule has 29 heavy (non-hydrogen) atoms. The molecule has 6 nitrogen and oxygen atoms in total. The molecule has 0 bridgehead atoms. The largest absolute Gasteiger partial charge is 0.480 e. The Bertz CT molecular complexity index is 1060. The molecular weight excluding hydrogens is 456 g/mol. The number of carbonyl (C=O) groups is 1. The van der Waals surface area contributed by atoms with Gasteiger partial charge in [0.25, 0.3) is 0 Å². The number of sulfone groups is 1. The van der Waals surface area contributed by atoms with Crippen molar-refractivity contribution in [2.45, 2.75) is 28.8 Å². The highest BCUT2D eigenvalue weighted by Crippen LogP contribution is 2.40. The minimum Gasteiger partial charge on any atom is -0.480 e. The van der Waals surface area contributed by atoms with Crippen LogP contribution in [-0.2, 0) is 20.8 Å². The van der Waals surface area contributed by atoms with Crippen LogP contribution in [0.1, 0.15) is 12.0 Å². The summed E-state index contributed by atoms with van der Waals surface area (Å²) in [6, 6.07) is 4.04. The average molecular weight is 469 g/mol. The third kappa shape index (κ3) is 4.15. The first-order valence-electron chi connectivity index (χ1n) is 8.13. The maximum atomic E-state index is 13.4. The average Bonchev–Trinajstić information content (AvgIpc) is 3.07. The van der Waals surface area contributed by atoms with Crippen LogP contribution in [0, 0.1) is 0 Å². The predicted octanol–water partition coefficient (Wildman–Crippen LogP) is 3.91. The number of carboxylic acids is 1. The first-order chi connectivity index (χ1) is 13.4. The van der Waals surface area contributed by atoms with Gasteiger partial charge in [-0.05, 0) is 36.8 Å². The van der Waals surface area contributed by atoms with Gasteiger partial charge in [0.1, 0.15) is 11.9 Å². The second-order valence-electron chi connectivity index (χ2n) is 6.36. The van der Waals surface area contributed by atoms with Crippen LogP contribution in [0.3, 0.4) is 0 Å². The minimum absolute atomic E-state index is 0.156. The minimum atomic E-state index is -4.79. The van der Waals surface area contributed by atoms with E-state index >= 15 is 0 Å². The zero-order chi connectivity index (χ0) is 21.6. The molecule has 1 saturated heterocycles. The van der Waals surface area contributed by atoms with Gasteiger partial charge in [-0.3, -0.25) is 0 Å². The Balaban J connectivity index is 2.04. The van der Waals surface area contributed by atoms with Gasteiger partial charge in [0.2, 0.25) is 0 Å². The fourth-order valence-electron chi connectivity index (χ4n) is 3.22. The van der Waals surface area contributed by atoms with E-state index in [4.69, 9.17) is 23.2 Å². The topological polar surface area (TPSA) is 87.6 Å². The monoisotopic (exact) mass is 468 g/mol. The SMILES string of the molecule is O=C(O)[C@@H]1C[C@@H](S(=O)(=O)c2ccc(Cl)cc2Cl)CN1c1ncccc1C(F)(F)F. The van der Waals surface area contributed by atoms with Gasteiger partial charge in [-0.25, -0.2) is 18.2 Å². The van der Waals surface area contributed by atoms with Crippen molar-refractivity contribution < 1.29 is 31.5 Å². The molecule has 2 heterocycles. The molecule has 2 aromatic rings. The van der Waals surface area contributed by atoms with Crippen molar-refractivity contribution >= 4 is 44.8 Å². The zero-order valence-corrected chi connectivity index (χ0v) is 16.7. The Morgan fingerprint density at radius 2 is 1.93 bits per heavy atom. The molecular formula is C17H13Cl2F3N2O4S. The van der Waals surface area contributed by atoms with E-state index in [1.54, 1.807) is 0 Å². The van der Waals surface area contributed by atoms with Gasteiger partial charge in [0.05, 0.1) is 20.7 Å². The van der Waals surface area contributed by atoms with E-state index < -0.39 is 57.6 Å². The van der Waals surface area contributed by atoms with Gasteiger partial charge in [-0.1, -0.05) is 23.2 Å². The molecule has 1 aromatic carbocycles. The number of alkyl halides is 3. The molecule has 1 fully saturated rings. The smallest absolute Gasteiger partial charge is 0.419 e. The molecule has 0 amide bonds. The lowest BCUT2D eigenvalue weighted by atomic mass is 10.2. The molecule has 0 radical (unpaired) electrons. The number of aromatic nitrogens is 1. The number of halogens is 5. The van der Waals surface area contributed by atoms with Crippen molar-refractivity contribution in [1.82, 2.24) is 4.98 Å².